The van der Waals surface area contributed by atoms with E-state index in [9.17, 15) is 14.9 Å². The maximum atomic E-state index is 12.9. The average molecular weight is 418 g/mol. The second-order valence-electron chi connectivity index (χ2n) is 7.21. The van der Waals surface area contributed by atoms with E-state index in [1.54, 1.807) is 35.4 Å². The number of rotatable bonds is 6. The van der Waals surface area contributed by atoms with Crippen LogP contribution in [0.4, 0.5) is 11.4 Å². The average Bonchev–Trinajstić information content (AvgIpc) is 2.83. The van der Waals surface area contributed by atoms with Crippen molar-refractivity contribution in [3.63, 3.8) is 0 Å². The lowest BCUT2D eigenvalue weighted by Gasteiger charge is -2.36. The van der Waals surface area contributed by atoms with Crippen molar-refractivity contribution in [2.75, 3.05) is 31.1 Å². The molecule has 0 aliphatic carbocycles. The lowest BCUT2D eigenvalue weighted by atomic mass is 10.2. The minimum Gasteiger partial charge on any atom is -0.473 e. The smallest absolute Gasteiger partial charge is 0.269 e. The van der Waals surface area contributed by atoms with E-state index >= 15 is 0 Å². The van der Waals surface area contributed by atoms with Gasteiger partial charge in [0.05, 0.1) is 4.92 Å². The summed E-state index contributed by atoms with van der Waals surface area (Å²) in [6.07, 6.45) is 1.58. The van der Waals surface area contributed by atoms with Gasteiger partial charge in [-0.2, -0.15) is 0 Å². The Morgan fingerprint density at radius 2 is 1.71 bits per heavy atom. The first-order valence-corrected chi connectivity index (χ1v) is 10.0. The molecule has 1 saturated heterocycles. The fraction of sp³-hybridized carbons (Fsp3) is 0.217. The van der Waals surface area contributed by atoms with Gasteiger partial charge in [0, 0.05) is 61.8 Å². The summed E-state index contributed by atoms with van der Waals surface area (Å²) in [6.45, 7) is 2.84. The van der Waals surface area contributed by atoms with Gasteiger partial charge in [-0.15, -0.1) is 0 Å². The molecule has 4 rings (SSSR count). The van der Waals surface area contributed by atoms with Gasteiger partial charge in [0.2, 0.25) is 5.88 Å². The lowest BCUT2D eigenvalue weighted by molar-refractivity contribution is -0.384. The number of carbonyl (C=O) groups is 1. The van der Waals surface area contributed by atoms with Crippen LogP contribution >= 0.6 is 0 Å². The maximum absolute atomic E-state index is 12.9. The van der Waals surface area contributed by atoms with Gasteiger partial charge in [-0.25, -0.2) is 4.98 Å². The third-order valence-electron chi connectivity index (χ3n) is 5.20. The van der Waals surface area contributed by atoms with E-state index in [4.69, 9.17) is 4.74 Å². The molecule has 1 aromatic heterocycles. The summed E-state index contributed by atoms with van der Waals surface area (Å²) >= 11 is 0. The Hall–Kier alpha value is -3.94. The van der Waals surface area contributed by atoms with Gasteiger partial charge in [0.1, 0.15) is 6.61 Å². The summed E-state index contributed by atoms with van der Waals surface area (Å²) in [5.41, 5.74) is 2.56. The summed E-state index contributed by atoms with van der Waals surface area (Å²) in [7, 11) is 0. The number of piperazine rings is 1. The van der Waals surface area contributed by atoms with Crippen molar-refractivity contribution in [3.8, 4) is 5.88 Å². The highest BCUT2D eigenvalue weighted by Crippen LogP contribution is 2.21. The fourth-order valence-electron chi connectivity index (χ4n) is 3.49. The highest BCUT2D eigenvalue weighted by Gasteiger charge is 2.23. The summed E-state index contributed by atoms with van der Waals surface area (Å²) in [4.78, 5) is 31.5. The van der Waals surface area contributed by atoms with Gasteiger partial charge in [0.15, 0.2) is 0 Å². The van der Waals surface area contributed by atoms with E-state index in [1.807, 2.05) is 30.3 Å². The molecule has 158 valence electrons. The summed E-state index contributed by atoms with van der Waals surface area (Å²) < 4.78 is 5.73. The Morgan fingerprint density at radius 3 is 2.39 bits per heavy atom. The van der Waals surface area contributed by atoms with Crippen molar-refractivity contribution in [3.05, 3.63) is 94.2 Å². The molecule has 0 spiro atoms. The number of amides is 1. The zero-order valence-corrected chi connectivity index (χ0v) is 16.9. The number of nitro groups is 1. The molecule has 0 N–H and O–H groups in total. The Balaban J connectivity index is 1.34. The van der Waals surface area contributed by atoms with E-state index in [0.29, 0.717) is 44.2 Å². The predicted octanol–water partition coefficient (Wildman–Crippen LogP) is 3.53. The number of carbonyl (C=O) groups excluding carboxylic acids is 1. The van der Waals surface area contributed by atoms with Crippen LogP contribution in [0.5, 0.6) is 5.88 Å². The van der Waals surface area contributed by atoms with Crippen LogP contribution in [0.15, 0.2) is 72.9 Å². The standard InChI is InChI=1S/C23H22N4O4/c28-23(19-10-11-24-22(16-19)31-17-18-4-2-1-3-5-18)26-14-12-25(13-15-26)20-6-8-21(9-7-20)27(29)30/h1-11,16H,12-15,17H2. The van der Waals surface area contributed by atoms with Crippen LogP contribution in [-0.2, 0) is 6.61 Å². The van der Waals surface area contributed by atoms with Crippen LogP contribution in [-0.4, -0.2) is 46.9 Å². The summed E-state index contributed by atoms with van der Waals surface area (Å²) in [5.74, 6) is 0.356. The van der Waals surface area contributed by atoms with Crippen molar-refractivity contribution < 1.29 is 14.5 Å². The topological polar surface area (TPSA) is 88.8 Å². The van der Waals surface area contributed by atoms with E-state index in [0.717, 1.165) is 11.3 Å². The SMILES string of the molecule is O=C(c1ccnc(OCc2ccccc2)c1)N1CCN(c2ccc([N+](=O)[O-])cc2)CC1. The molecule has 0 unspecified atom stereocenters. The van der Waals surface area contributed by atoms with Crippen LogP contribution < -0.4 is 9.64 Å². The predicted molar refractivity (Wildman–Crippen MR) is 116 cm³/mol. The second-order valence-corrected chi connectivity index (χ2v) is 7.21. The zero-order valence-electron chi connectivity index (χ0n) is 16.9. The van der Waals surface area contributed by atoms with E-state index in [-0.39, 0.29) is 11.6 Å². The fourth-order valence-corrected chi connectivity index (χ4v) is 3.49. The first-order valence-electron chi connectivity index (χ1n) is 10.0. The molecule has 3 aromatic rings. The number of aromatic nitrogens is 1. The molecule has 1 aliphatic heterocycles. The number of nitro benzene ring substituents is 1. The van der Waals surface area contributed by atoms with Crippen LogP contribution in [0.2, 0.25) is 0 Å². The number of anilines is 1. The Labute approximate surface area is 179 Å². The highest BCUT2D eigenvalue weighted by atomic mass is 16.6. The van der Waals surface area contributed by atoms with Gasteiger partial charge in [-0.1, -0.05) is 30.3 Å². The molecule has 1 aliphatic rings. The van der Waals surface area contributed by atoms with Crippen molar-refractivity contribution in [1.29, 1.82) is 0 Å². The van der Waals surface area contributed by atoms with Crippen molar-refractivity contribution in [2.45, 2.75) is 6.61 Å². The highest BCUT2D eigenvalue weighted by molar-refractivity contribution is 5.94. The zero-order chi connectivity index (χ0) is 21.6. The third-order valence-corrected chi connectivity index (χ3v) is 5.20. The minimum absolute atomic E-state index is 0.0599. The Kier molecular flexibility index (Phi) is 6.07. The molecular weight excluding hydrogens is 396 g/mol. The molecule has 2 aromatic carbocycles. The molecule has 0 atom stereocenters. The number of hydrogen-bond donors (Lipinski definition) is 0. The molecule has 31 heavy (non-hydrogen) atoms. The van der Waals surface area contributed by atoms with Crippen molar-refractivity contribution in [1.82, 2.24) is 9.88 Å². The molecule has 0 radical (unpaired) electrons. The van der Waals surface area contributed by atoms with Crippen LogP contribution in [0.25, 0.3) is 0 Å². The third kappa shape index (κ3) is 4.98. The monoisotopic (exact) mass is 418 g/mol. The summed E-state index contributed by atoms with van der Waals surface area (Å²) in [6, 6.07) is 19.6. The molecule has 0 bridgehead atoms. The molecule has 0 saturated carbocycles. The number of non-ortho nitro benzene ring substituents is 1. The van der Waals surface area contributed by atoms with Crippen molar-refractivity contribution in [2.24, 2.45) is 0 Å². The normalized spacial score (nSPS) is 13.7. The molecule has 1 fully saturated rings. The number of nitrogens with zero attached hydrogens (tertiary/aromatic N) is 4. The number of ether oxygens (including phenoxy) is 1. The van der Waals surface area contributed by atoms with Crippen LogP contribution in [0.1, 0.15) is 15.9 Å². The minimum atomic E-state index is -0.410. The van der Waals surface area contributed by atoms with E-state index in [1.165, 1.54) is 12.1 Å². The largest absolute Gasteiger partial charge is 0.473 e. The van der Waals surface area contributed by atoms with Gasteiger partial charge < -0.3 is 14.5 Å². The number of pyridine rings is 1. The quantitative estimate of drug-likeness (QED) is 0.449. The van der Waals surface area contributed by atoms with E-state index < -0.39 is 4.92 Å². The van der Waals surface area contributed by atoms with E-state index in [2.05, 4.69) is 9.88 Å². The first-order chi connectivity index (χ1) is 15.1. The van der Waals surface area contributed by atoms with Gasteiger partial charge in [-0.3, -0.25) is 14.9 Å². The molecule has 2 heterocycles. The van der Waals surface area contributed by atoms with Gasteiger partial charge in [-0.05, 0) is 23.8 Å². The number of benzene rings is 2. The number of hydrogen-bond acceptors (Lipinski definition) is 6. The van der Waals surface area contributed by atoms with Crippen molar-refractivity contribution >= 4 is 17.3 Å². The molecule has 1 amide bonds. The first kappa shape index (κ1) is 20.3. The second kappa shape index (κ2) is 9.25. The van der Waals surface area contributed by atoms with Crippen LogP contribution in [0.3, 0.4) is 0 Å². The lowest BCUT2D eigenvalue weighted by Crippen LogP contribution is -2.48. The van der Waals surface area contributed by atoms with Gasteiger partial charge in [0.25, 0.3) is 11.6 Å². The van der Waals surface area contributed by atoms with Crippen LogP contribution in [0, 0.1) is 10.1 Å². The Morgan fingerprint density at radius 1 is 1.00 bits per heavy atom. The van der Waals surface area contributed by atoms with Gasteiger partial charge >= 0.3 is 0 Å². The molecule has 8 heteroatoms. The molecular formula is C23H22N4O4. The molecule has 8 nitrogen and oxygen atoms in total. The summed E-state index contributed by atoms with van der Waals surface area (Å²) in [5, 5.41) is 10.8. The Bertz CT molecular complexity index is 1050. The maximum Gasteiger partial charge on any atom is 0.269 e.